The first-order chi connectivity index (χ1) is 9.40. The first kappa shape index (κ1) is 15.0. The Morgan fingerprint density at radius 1 is 1.45 bits per heavy atom. The molecule has 1 heterocycles. The number of anilines is 1. The standard InChI is InChI=1S/C14H20N2O3S/c1-4-14(2,15)13(18)16-11-10(12(17)19-3)8-6-5-7-9(8)20-11/h4-7,15H2,1-3H3,(H,16,18). The first-order valence-corrected chi connectivity index (χ1v) is 7.55. The van der Waals surface area contributed by atoms with Gasteiger partial charge in [0.05, 0.1) is 18.2 Å². The SMILES string of the molecule is CCC(C)(N)C(=O)Nc1sc2c(c1C(=O)OC)CCC2. The minimum atomic E-state index is -0.943. The Hall–Kier alpha value is -1.40. The molecule has 1 aromatic rings. The second-order valence-electron chi connectivity index (χ2n) is 5.28. The Kier molecular flexibility index (Phi) is 4.15. The van der Waals surface area contributed by atoms with E-state index >= 15 is 0 Å². The highest BCUT2D eigenvalue weighted by atomic mass is 32.1. The first-order valence-electron chi connectivity index (χ1n) is 6.74. The summed E-state index contributed by atoms with van der Waals surface area (Å²) in [5.41, 5.74) is 6.52. The molecule has 1 atom stereocenters. The lowest BCUT2D eigenvalue weighted by atomic mass is 9.99. The van der Waals surface area contributed by atoms with Crippen molar-refractivity contribution in [3.05, 3.63) is 16.0 Å². The number of thiophene rings is 1. The van der Waals surface area contributed by atoms with Gasteiger partial charge in [0.25, 0.3) is 0 Å². The fourth-order valence-electron chi connectivity index (χ4n) is 2.22. The molecule has 0 bridgehead atoms. The summed E-state index contributed by atoms with van der Waals surface area (Å²) in [6.45, 7) is 3.54. The normalized spacial score (nSPS) is 16.4. The molecule has 0 saturated heterocycles. The van der Waals surface area contributed by atoms with Crippen molar-refractivity contribution in [3.63, 3.8) is 0 Å². The van der Waals surface area contributed by atoms with Crippen molar-refractivity contribution in [3.8, 4) is 0 Å². The van der Waals surface area contributed by atoms with Crippen LogP contribution in [-0.4, -0.2) is 24.5 Å². The number of nitrogens with two attached hydrogens (primary N) is 1. The predicted octanol–water partition coefficient (Wildman–Crippen LogP) is 2.09. The molecule has 0 fully saturated rings. The summed E-state index contributed by atoms with van der Waals surface area (Å²) in [6.07, 6.45) is 3.38. The third kappa shape index (κ3) is 2.58. The molecule has 20 heavy (non-hydrogen) atoms. The second kappa shape index (κ2) is 5.54. The van der Waals surface area contributed by atoms with Crippen molar-refractivity contribution in [2.24, 2.45) is 5.73 Å². The highest BCUT2D eigenvalue weighted by Gasteiger charge is 2.31. The highest BCUT2D eigenvalue weighted by Crippen LogP contribution is 2.39. The molecule has 1 amide bonds. The average molecular weight is 296 g/mol. The van der Waals surface area contributed by atoms with E-state index in [9.17, 15) is 9.59 Å². The number of methoxy groups -OCH3 is 1. The van der Waals surface area contributed by atoms with E-state index in [1.54, 1.807) is 6.92 Å². The van der Waals surface area contributed by atoms with Crippen molar-refractivity contribution in [2.75, 3.05) is 12.4 Å². The molecule has 2 rings (SSSR count). The summed E-state index contributed by atoms with van der Waals surface area (Å²) in [7, 11) is 1.35. The van der Waals surface area contributed by atoms with Crippen LogP contribution in [-0.2, 0) is 22.4 Å². The number of esters is 1. The van der Waals surface area contributed by atoms with Gasteiger partial charge in [-0.2, -0.15) is 0 Å². The van der Waals surface area contributed by atoms with E-state index in [0.717, 1.165) is 29.7 Å². The van der Waals surface area contributed by atoms with Crippen LogP contribution in [0.2, 0.25) is 0 Å². The van der Waals surface area contributed by atoms with Crippen molar-refractivity contribution in [1.82, 2.24) is 0 Å². The topological polar surface area (TPSA) is 81.4 Å². The van der Waals surface area contributed by atoms with Gasteiger partial charge < -0.3 is 15.8 Å². The maximum absolute atomic E-state index is 12.2. The molecule has 0 spiro atoms. The van der Waals surface area contributed by atoms with Crippen LogP contribution in [0.5, 0.6) is 0 Å². The fraction of sp³-hybridized carbons (Fsp3) is 0.571. The van der Waals surface area contributed by atoms with Gasteiger partial charge in [0, 0.05) is 4.88 Å². The summed E-state index contributed by atoms with van der Waals surface area (Å²) in [6, 6.07) is 0. The zero-order valence-electron chi connectivity index (χ0n) is 12.0. The molecule has 0 aliphatic heterocycles. The molecule has 1 unspecified atom stereocenters. The van der Waals surface area contributed by atoms with Crippen LogP contribution < -0.4 is 11.1 Å². The number of carbonyl (C=O) groups excluding carboxylic acids is 2. The van der Waals surface area contributed by atoms with Crippen LogP contribution in [0.25, 0.3) is 0 Å². The molecule has 1 aliphatic rings. The number of nitrogens with one attached hydrogen (secondary N) is 1. The van der Waals surface area contributed by atoms with Gasteiger partial charge in [-0.25, -0.2) is 4.79 Å². The van der Waals surface area contributed by atoms with Crippen LogP contribution in [0.4, 0.5) is 5.00 Å². The van der Waals surface area contributed by atoms with Gasteiger partial charge in [-0.3, -0.25) is 4.79 Å². The number of carbonyl (C=O) groups is 2. The number of hydrogen-bond acceptors (Lipinski definition) is 5. The molecule has 5 nitrogen and oxygen atoms in total. The summed E-state index contributed by atoms with van der Waals surface area (Å²) in [5.74, 6) is -0.667. The van der Waals surface area contributed by atoms with Gasteiger partial charge >= 0.3 is 5.97 Å². The number of rotatable bonds is 4. The van der Waals surface area contributed by atoms with Crippen molar-refractivity contribution >= 4 is 28.2 Å². The summed E-state index contributed by atoms with van der Waals surface area (Å²) < 4.78 is 4.84. The molecule has 110 valence electrons. The van der Waals surface area contributed by atoms with Crippen LogP contribution in [0.15, 0.2) is 0 Å². The number of aryl methyl sites for hydroxylation is 1. The van der Waals surface area contributed by atoms with E-state index in [1.807, 2.05) is 6.92 Å². The van der Waals surface area contributed by atoms with Crippen molar-refractivity contribution in [2.45, 2.75) is 45.1 Å². The molecular formula is C14H20N2O3S. The Bertz CT molecular complexity index is 549. The predicted molar refractivity (Wildman–Crippen MR) is 79.2 cm³/mol. The van der Waals surface area contributed by atoms with Crippen LogP contribution in [0, 0.1) is 0 Å². The van der Waals surface area contributed by atoms with E-state index in [0.29, 0.717) is 17.0 Å². The lowest BCUT2D eigenvalue weighted by Gasteiger charge is -2.21. The molecule has 1 aromatic heterocycles. The van der Waals surface area contributed by atoms with E-state index in [1.165, 1.54) is 18.4 Å². The Labute approximate surface area is 122 Å². The monoisotopic (exact) mass is 296 g/mol. The van der Waals surface area contributed by atoms with Gasteiger partial charge in [0.2, 0.25) is 5.91 Å². The van der Waals surface area contributed by atoms with Crippen LogP contribution in [0.1, 0.15) is 47.5 Å². The van der Waals surface area contributed by atoms with Gasteiger partial charge in [0.1, 0.15) is 5.00 Å². The quantitative estimate of drug-likeness (QED) is 0.834. The number of amides is 1. The molecule has 6 heteroatoms. The maximum atomic E-state index is 12.2. The summed E-state index contributed by atoms with van der Waals surface area (Å²) in [4.78, 5) is 25.3. The van der Waals surface area contributed by atoms with E-state index in [-0.39, 0.29) is 5.91 Å². The molecule has 0 aromatic carbocycles. The largest absolute Gasteiger partial charge is 0.465 e. The fourth-order valence-corrected chi connectivity index (χ4v) is 3.49. The van der Waals surface area contributed by atoms with Gasteiger partial charge in [-0.1, -0.05) is 6.92 Å². The van der Waals surface area contributed by atoms with E-state index in [4.69, 9.17) is 10.5 Å². The zero-order chi connectivity index (χ0) is 14.9. The van der Waals surface area contributed by atoms with E-state index < -0.39 is 11.5 Å². The Balaban J connectivity index is 2.33. The summed E-state index contributed by atoms with van der Waals surface area (Å²) >= 11 is 1.46. The molecule has 3 N–H and O–H groups in total. The van der Waals surface area contributed by atoms with Crippen molar-refractivity contribution in [1.29, 1.82) is 0 Å². The lowest BCUT2D eigenvalue weighted by Crippen LogP contribution is -2.47. The van der Waals surface area contributed by atoms with Gasteiger partial charge in [-0.05, 0) is 38.2 Å². The molecule has 0 radical (unpaired) electrons. The van der Waals surface area contributed by atoms with Gasteiger partial charge in [-0.15, -0.1) is 11.3 Å². The smallest absolute Gasteiger partial charge is 0.341 e. The van der Waals surface area contributed by atoms with E-state index in [2.05, 4.69) is 5.32 Å². The third-order valence-electron chi connectivity index (χ3n) is 3.79. The molecule has 1 aliphatic carbocycles. The minimum Gasteiger partial charge on any atom is -0.465 e. The number of fused-ring (bicyclic) bond motifs is 1. The molecule has 0 saturated carbocycles. The average Bonchev–Trinajstić information content (AvgIpc) is 2.98. The number of ether oxygens (including phenoxy) is 1. The second-order valence-corrected chi connectivity index (χ2v) is 6.38. The van der Waals surface area contributed by atoms with Crippen molar-refractivity contribution < 1.29 is 14.3 Å². The zero-order valence-corrected chi connectivity index (χ0v) is 12.9. The van der Waals surface area contributed by atoms with Gasteiger partial charge in [0.15, 0.2) is 0 Å². The Morgan fingerprint density at radius 2 is 2.15 bits per heavy atom. The number of hydrogen-bond donors (Lipinski definition) is 2. The third-order valence-corrected chi connectivity index (χ3v) is 5.00. The van der Waals surface area contributed by atoms with Crippen LogP contribution >= 0.6 is 11.3 Å². The van der Waals surface area contributed by atoms with Crippen LogP contribution in [0.3, 0.4) is 0 Å². The summed E-state index contributed by atoms with van der Waals surface area (Å²) in [5, 5.41) is 3.37. The Morgan fingerprint density at radius 3 is 2.75 bits per heavy atom. The maximum Gasteiger partial charge on any atom is 0.341 e. The lowest BCUT2D eigenvalue weighted by molar-refractivity contribution is -0.120. The molecular weight excluding hydrogens is 276 g/mol. The highest BCUT2D eigenvalue weighted by molar-refractivity contribution is 7.17. The minimum absolute atomic E-state index is 0.273.